The second-order valence-electron chi connectivity index (χ2n) is 5.99. The smallest absolute Gasteiger partial charge is 0.277 e. The number of amides is 1. The molecule has 0 bridgehead atoms. The maximum absolute atomic E-state index is 12.4. The molecule has 0 saturated carbocycles. The zero-order valence-corrected chi connectivity index (χ0v) is 16.5. The van der Waals surface area contributed by atoms with Crippen molar-refractivity contribution >= 4 is 29.3 Å². The molecule has 1 N–H and O–H groups in total. The lowest BCUT2D eigenvalue weighted by Gasteiger charge is -2.18. The van der Waals surface area contributed by atoms with Gasteiger partial charge in [0, 0.05) is 10.6 Å². The number of carbonyl (C=O) groups is 1. The number of benzene rings is 2. The van der Waals surface area contributed by atoms with Crippen molar-refractivity contribution in [3.05, 3.63) is 65.2 Å². The van der Waals surface area contributed by atoms with Gasteiger partial charge in [-0.15, -0.1) is 10.2 Å². The van der Waals surface area contributed by atoms with E-state index in [4.69, 9.17) is 16.0 Å². The number of thioether (sulfide) groups is 1. The fraction of sp³-hybridized carbons (Fsp3) is 0.250. The number of carbonyl (C=O) groups excluding carboxylic acids is 1. The molecule has 1 heterocycles. The molecule has 7 heteroatoms. The molecule has 0 fully saturated rings. The molecule has 5 nitrogen and oxygen atoms in total. The third-order valence-electron chi connectivity index (χ3n) is 3.92. The highest BCUT2D eigenvalue weighted by Gasteiger charge is 2.16. The van der Waals surface area contributed by atoms with Gasteiger partial charge in [0.25, 0.3) is 5.22 Å². The van der Waals surface area contributed by atoms with Crippen molar-refractivity contribution in [2.75, 3.05) is 5.75 Å². The zero-order chi connectivity index (χ0) is 19.1. The lowest BCUT2D eigenvalue weighted by Crippen LogP contribution is -2.29. The van der Waals surface area contributed by atoms with E-state index in [0.29, 0.717) is 16.1 Å². The van der Waals surface area contributed by atoms with Gasteiger partial charge in [-0.2, -0.15) is 0 Å². The van der Waals surface area contributed by atoms with Crippen molar-refractivity contribution in [1.29, 1.82) is 0 Å². The van der Waals surface area contributed by atoms with Crippen LogP contribution in [0, 0.1) is 0 Å². The SMILES string of the molecule is CCC[C@@H](NC(=O)CSc1nnc(-c2cccc(Cl)c2)o1)c1ccccc1. The minimum atomic E-state index is -0.0650. The number of halogens is 1. The molecule has 1 atom stereocenters. The van der Waals surface area contributed by atoms with Crippen LogP contribution in [0.3, 0.4) is 0 Å². The van der Waals surface area contributed by atoms with Gasteiger partial charge in [0.1, 0.15) is 0 Å². The van der Waals surface area contributed by atoms with Crippen LogP contribution in [0.25, 0.3) is 11.5 Å². The molecule has 0 unspecified atom stereocenters. The monoisotopic (exact) mass is 401 g/mol. The second kappa shape index (κ2) is 9.58. The van der Waals surface area contributed by atoms with Crippen LogP contribution in [0.15, 0.2) is 64.2 Å². The van der Waals surface area contributed by atoms with Gasteiger partial charge in [0.2, 0.25) is 11.8 Å². The number of rotatable bonds is 8. The van der Waals surface area contributed by atoms with Crippen LogP contribution in [0.1, 0.15) is 31.4 Å². The van der Waals surface area contributed by atoms with Gasteiger partial charge in [-0.3, -0.25) is 4.79 Å². The number of aromatic nitrogens is 2. The van der Waals surface area contributed by atoms with Crippen molar-refractivity contribution in [3.63, 3.8) is 0 Å². The minimum Gasteiger partial charge on any atom is -0.411 e. The van der Waals surface area contributed by atoms with Crippen LogP contribution in [-0.2, 0) is 4.79 Å². The number of nitrogens with zero attached hydrogens (tertiary/aromatic N) is 2. The molecule has 140 valence electrons. The maximum atomic E-state index is 12.4. The Morgan fingerprint density at radius 2 is 2.00 bits per heavy atom. The lowest BCUT2D eigenvalue weighted by molar-refractivity contribution is -0.119. The van der Waals surface area contributed by atoms with Crippen LogP contribution in [0.4, 0.5) is 0 Å². The van der Waals surface area contributed by atoms with E-state index >= 15 is 0 Å². The highest BCUT2D eigenvalue weighted by molar-refractivity contribution is 7.99. The third-order valence-corrected chi connectivity index (χ3v) is 4.97. The molecule has 1 amide bonds. The van der Waals surface area contributed by atoms with E-state index in [1.165, 1.54) is 11.8 Å². The molecule has 2 aromatic carbocycles. The molecule has 0 radical (unpaired) electrons. The van der Waals surface area contributed by atoms with Crippen molar-refractivity contribution in [1.82, 2.24) is 15.5 Å². The Balaban J connectivity index is 1.57. The van der Waals surface area contributed by atoms with Crippen LogP contribution >= 0.6 is 23.4 Å². The van der Waals surface area contributed by atoms with E-state index in [-0.39, 0.29) is 17.7 Å². The average Bonchev–Trinajstić information content (AvgIpc) is 3.16. The van der Waals surface area contributed by atoms with Crippen molar-refractivity contribution in [2.45, 2.75) is 31.0 Å². The molecule has 27 heavy (non-hydrogen) atoms. The first-order valence-electron chi connectivity index (χ1n) is 8.72. The highest BCUT2D eigenvalue weighted by Crippen LogP contribution is 2.25. The molecule has 0 spiro atoms. The van der Waals surface area contributed by atoms with E-state index in [0.717, 1.165) is 24.0 Å². The highest BCUT2D eigenvalue weighted by atomic mass is 35.5. The van der Waals surface area contributed by atoms with Crippen LogP contribution in [0.2, 0.25) is 5.02 Å². The van der Waals surface area contributed by atoms with Crippen molar-refractivity contribution in [3.8, 4) is 11.5 Å². The summed E-state index contributed by atoms with van der Waals surface area (Å²) in [5.41, 5.74) is 1.86. The fourth-order valence-corrected chi connectivity index (χ4v) is 3.43. The van der Waals surface area contributed by atoms with Crippen LogP contribution in [-0.4, -0.2) is 21.9 Å². The quantitative estimate of drug-likeness (QED) is 0.529. The summed E-state index contributed by atoms with van der Waals surface area (Å²) in [5.74, 6) is 0.530. The van der Waals surface area contributed by atoms with Gasteiger partial charge < -0.3 is 9.73 Å². The molecule has 0 saturated heterocycles. The Morgan fingerprint density at radius 1 is 1.19 bits per heavy atom. The van der Waals surface area contributed by atoms with Gasteiger partial charge in [0.05, 0.1) is 11.8 Å². The van der Waals surface area contributed by atoms with Gasteiger partial charge in [-0.25, -0.2) is 0 Å². The summed E-state index contributed by atoms with van der Waals surface area (Å²) in [6.07, 6.45) is 1.87. The predicted octanol–water partition coefficient (Wildman–Crippen LogP) is 5.14. The molecule has 3 aromatic rings. The molecule has 3 rings (SSSR count). The number of hydrogen-bond acceptors (Lipinski definition) is 5. The molecular weight excluding hydrogens is 382 g/mol. The molecule has 1 aromatic heterocycles. The first-order valence-corrected chi connectivity index (χ1v) is 10.1. The summed E-state index contributed by atoms with van der Waals surface area (Å²) in [4.78, 5) is 12.4. The normalized spacial score (nSPS) is 11.9. The Morgan fingerprint density at radius 3 is 2.74 bits per heavy atom. The second-order valence-corrected chi connectivity index (χ2v) is 7.35. The summed E-state index contributed by atoms with van der Waals surface area (Å²) >= 11 is 7.20. The Bertz CT molecular complexity index is 886. The maximum Gasteiger partial charge on any atom is 0.277 e. The molecule has 0 aliphatic rings. The Labute approximate surface area is 167 Å². The van der Waals surface area contributed by atoms with Crippen LogP contribution < -0.4 is 5.32 Å². The first-order chi connectivity index (χ1) is 13.2. The number of nitrogens with one attached hydrogen (secondary N) is 1. The van der Waals surface area contributed by atoms with E-state index in [1.807, 2.05) is 42.5 Å². The summed E-state index contributed by atoms with van der Waals surface area (Å²) in [5, 5.41) is 12.0. The van der Waals surface area contributed by atoms with Crippen LogP contribution in [0.5, 0.6) is 0 Å². The molecule has 0 aliphatic carbocycles. The average molecular weight is 402 g/mol. The predicted molar refractivity (Wildman–Crippen MR) is 108 cm³/mol. The summed E-state index contributed by atoms with van der Waals surface area (Å²) in [6.45, 7) is 2.10. The van der Waals surface area contributed by atoms with Crippen molar-refractivity contribution < 1.29 is 9.21 Å². The summed E-state index contributed by atoms with van der Waals surface area (Å²) in [6, 6.07) is 17.2. The lowest BCUT2D eigenvalue weighted by atomic mass is 10.0. The first kappa shape index (κ1) is 19.5. The number of hydrogen-bond donors (Lipinski definition) is 1. The van der Waals surface area contributed by atoms with Gasteiger partial charge in [-0.05, 0) is 30.2 Å². The van der Waals surface area contributed by atoms with Gasteiger partial charge >= 0.3 is 0 Å². The zero-order valence-electron chi connectivity index (χ0n) is 14.9. The standard InChI is InChI=1S/C20H20ClN3O2S/c1-2-7-17(14-8-4-3-5-9-14)22-18(25)13-27-20-24-23-19(26-20)15-10-6-11-16(21)12-15/h3-6,8-12,17H,2,7,13H2,1H3,(H,22,25)/t17-/m1/s1. The Kier molecular flexibility index (Phi) is 6.90. The third kappa shape index (κ3) is 5.58. The summed E-state index contributed by atoms with van der Waals surface area (Å²) < 4.78 is 5.61. The van der Waals surface area contributed by atoms with E-state index in [2.05, 4.69) is 22.4 Å². The van der Waals surface area contributed by atoms with Gasteiger partial charge in [0.15, 0.2) is 0 Å². The molecule has 0 aliphatic heterocycles. The van der Waals surface area contributed by atoms with Gasteiger partial charge in [-0.1, -0.05) is 73.1 Å². The molecular formula is C20H20ClN3O2S. The van der Waals surface area contributed by atoms with E-state index < -0.39 is 0 Å². The van der Waals surface area contributed by atoms with E-state index in [9.17, 15) is 4.79 Å². The topological polar surface area (TPSA) is 68.0 Å². The fourth-order valence-electron chi connectivity index (χ4n) is 2.67. The Hall–Kier alpha value is -2.31. The minimum absolute atomic E-state index is 0.00834. The summed E-state index contributed by atoms with van der Waals surface area (Å²) in [7, 11) is 0. The van der Waals surface area contributed by atoms with E-state index in [1.54, 1.807) is 12.1 Å². The van der Waals surface area contributed by atoms with Crippen molar-refractivity contribution in [2.24, 2.45) is 0 Å². The largest absolute Gasteiger partial charge is 0.411 e.